The number of carbonyl (C=O) groups is 3. The molecular formula is C19H22N2O6S. The van der Waals surface area contributed by atoms with Crippen LogP contribution in [0.4, 0.5) is 5.82 Å². The summed E-state index contributed by atoms with van der Waals surface area (Å²) in [5, 5.41) is 5.76. The molecule has 1 amide bonds. The van der Waals surface area contributed by atoms with E-state index in [1.165, 1.54) is 14.0 Å². The first-order valence-corrected chi connectivity index (χ1v) is 9.58. The number of thioether (sulfide) groups is 1. The number of benzene rings is 1. The van der Waals surface area contributed by atoms with Gasteiger partial charge in [-0.15, -0.1) is 11.8 Å². The molecule has 0 aliphatic carbocycles. The van der Waals surface area contributed by atoms with Crippen LogP contribution in [0, 0.1) is 6.92 Å². The number of hydrogen-bond acceptors (Lipinski definition) is 8. The number of methoxy groups -OCH3 is 1. The average Bonchev–Trinajstić information content (AvgIpc) is 3.10. The van der Waals surface area contributed by atoms with E-state index in [0.29, 0.717) is 22.9 Å². The molecule has 2 aromatic rings. The second-order valence-corrected chi connectivity index (χ2v) is 7.32. The fraction of sp³-hybridized carbons (Fsp3) is 0.368. The second-order valence-electron chi connectivity index (χ2n) is 5.99. The van der Waals surface area contributed by atoms with Crippen LogP contribution >= 0.6 is 11.8 Å². The molecule has 1 aromatic heterocycles. The Morgan fingerprint density at radius 1 is 1.21 bits per heavy atom. The molecule has 2 rings (SSSR count). The van der Waals surface area contributed by atoms with Crippen LogP contribution in [0.2, 0.25) is 0 Å². The summed E-state index contributed by atoms with van der Waals surface area (Å²) in [5.41, 5.74) is 0.421. The number of aryl methyl sites for hydroxylation is 1. The van der Waals surface area contributed by atoms with E-state index in [9.17, 15) is 14.4 Å². The number of ether oxygens (including phenoxy) is 2. The Labute approximate surface area is 166 Å². The number of hydrogen-bond donors (Lipinski definition) is 1. The average molecular weight is 406 g/mol. The largest absolute Gasteiger partial charge is 0.497 e. The van der Waals surface area contributed by atoms with Crippen LogP contribution in [0.5, 0.6) is 5.75 Å². The van der Waals surface area contributed by atoms with Crippen molar-refractivity contribution in [2.45, 2.75) is 32.1 Å². The highest BCUT2D eigenvalue weighted by atomic mass is 32.2. The summed E-state index contributed by atoms with van der Waals surface area (Å²) in [5.74, 6) is 0.265. The van der Waals surface area contributed by atoms with Gasteiger partial charge in [0, 0.05) is 11.6 Å². The maximum atomic E-state index is 12.3. The minimum Gasteiger partial charge on any atom is -0.497 e. The van der Waals surface area contributed by atoms with Gasteiger partial charge in [0.15, 0.2) is 11.9 Å². The monoisotopic (exact) mass is 406 g/mol. The van der Waals surface area contributed by atoms with Crippen molar-refractivity contribution in [2.75, 3.05) is 18.2 Å². The number of aromatic nitrogens is 1. The van der Waals surface area contributed by atoms with E-state index in [0.717, 1.165) is 11.8 Å². The maximum absolute atomic E-state index is 12.3. The van der Waals surface area contributed by atoms with Gasteiger partial charge in [-0.25, -0.2) is 0 Å². The summed E-state index contributed by atoms with van der Waals surface area (Å²) in [4.78, 5) is 36.4. The Morgan fingerprint density at radius 2 is 1.89 bits per heavy atom. The van der Waals surface area contributed by atoms with Crippen LogP contribution in [0.1, 0.15) is 30.0 Å². The zero-order chi connectivity index (χ0) is 20.7. The number of ketones is 1. The molecule has 1 aromatic carbocycles. The molecule has 0 aliphatic rings. The summed E-state index contributed by atoms with van der Waals surface area (Å²) in [7, 11) is 1.53. The number of nitrogens with one attached hydrogen (secondary N) is 1. The molecule has 1 N–H and O–H groups in total. The summed E-state index contributed by atoms with van der Waals surface area (Å²) in [6, 6.07) is 8.13. The van der Waals surface area contributed by atoms with Crippen molar-refractivity contribution in [1.29, 1.82) is 0 Å². The van der Waals surface area contributed by atoms with Gasteiger partial charge >= 0.3 is 5.97 Å². The lowest BCUT2D eigenvalue weighted by atomic mass is 10.1. The molecule has 0 bridgehead atoms. The Hall–Kier alpha value is -2.81. The number of anilines is 1. The normalized spacial score (nSPS) is 12.7. The zero-order valence-electron chi connectivity index (χ0n) is 16.1. The van der Waals surface area contributed by atoms with E-state index in [4.69, 9.17) is 14.0 Å². The standard InChI is InChI=1S/C19H22N2O6S/c1-11-9-16(21-27-11)20-19(24)13(3)28-10-17(22)26-12(2)18(23)14-5-7-15(25-4)8-6-14/h5-9,12-13H,10H2,1-4H3,(H,20,21,24)/t12-,13+/m1/s1. The smallest absolute Gasteiger partial charge is 0.316 e. The lowest BCUT2D eigenvalue weighted by molar-refractivity contribution is -0.143. The number of carbonyl (C=O) groups excluding carboxylic acids is 3. The molecule has 0 aliphatic heterocycles. The van der Waals surface area contributed by atoms with E-state index < -0.39 is 17.3 Å². The van der Waals surface area contributed by atoms with Crippen LogP contribution < -0.4 is 10.1 Å². The van der Waals surface area contributed by atoms with Crippen molar-refractivity contribution < 1.29 is 28.4 Å². The highest BCUT2D eigenvalue weighted by molar-refractivity contribution is 8.01. The van der Waals surface area contributed by atoms with Crippen LogP contribution in [0.25, 0.3) is 0 Å². The van der Waals surface area contributed by atoms with E-state index in [1.54, 1.807) is 44.2 Å². The van der Waals surface area contributed by atoms with Gasteiger partial charge in [-0.05, 0) is 45.0 Å². The quantitative estimate of drug-likeness (QED) is 0.500. The Kier molecular flexibility index (Phi) is 7.62. The van der Waals surface area contributed by atoms with Gasteiger partial charge in [-0.2, -0.15) is 0 Å². The van der Waals surface area contributed by atoms with Gasteiger partial charge in [-0.3, -0.25) is 14.4 Å². The van der Waals surface area contributed by atoms with E-state index in [-0.39, 0.29) is 17.4 Å². The third-order valence-corrected chi connectivity index (χ3v) is 4.87. The predicted molar refractivity (Wildman–Crippen MR) is 105 cm³/mol. The number of nitrogens with zero attached hydrogens (tertiary/aromatic N) is 1. The lowest BCUT2D eigenvalue weighted by Gasteiger charge is -2.14. The van der Waals surface area contributed by atoms with Crippen molar-refractivity contribution in [1.82, 2.24) is 5.16 Å². The van der Waals surface area contributed by atoms with E-state index >= 15 is 0 Å². The SMILES string of the molecule is COc1ccc(C(=O)[C@@H](C)OC(=O)CS[C@@H](C)C(=O)Nc2cc(C)on2)cc1. The van der Waals surface area contributed by atoms with Gasteiger partial charge in [0.2, 0.25) is 11.7 Å². The van der Waals surface area contributed by atoms with Crippen LogP contribution in [-0.2, 0) is 14.3 Å². The third-order valence-electron chi connectivity index (χ3n) is 3.75. The fourth-order valence-corrected chi connectivity index (χ4v) is 2.86. The molecule has 9 heteroatoms. The van der Waals surface area contributed by atoms with Crippen LogP contribution in [0.3, 0.4) is 0 Å². The summed E-state index contributed by atoms with van der Waals surface area (Å²) < 4.78 is 15.1. The van der Waals surface area contributed by atoms with Crippen molar-refractivity contribution in [3.63, 3.8) is 0 Å². The molecule has 0 saturated carbocycles. The molecule has 0 saturated heterocycles. The van der Waals surface area contributed by atoms with Gasteiger partial charge in [0.1, 0.15) is 11.5 Å². The molecule has 1 heterocycles. The van der Waals surface area contributed by atoms with Gasteiger partial charge < -0.3 is 19.3 Å². The number of esters is 1. The van der Waals surface area contributed by atoms with Crippen molar-refractivity contribution in [3.05, 3.63) is 41.7 Å². The third kappa shape index (κ3) is 6.12. The number of amides is 1. The maximum Gasteiger partial charge on any atom is 0.316 e. The van der Waals surface area contributed by atoms with Gasteiger partial charge in [0.25, 0.3) is 0 Å². The molecule has 0 radical (unpaired) electrons. The molecular weight excluding hydrogens is 384 g/mol. The molecule has 0 fully saturated rings. The summed E-state index contributed by atoms with van der Waals surface area (Å²) in [6.07, 6.45) is -0.927. The zero-order valence-corrected chi connectivity index (χ0v) is 16.9. The second kappa shape index (κ2) is 9.93. The first-order valence-electron chi connectivity index (χ1n) is 8.53. The highest BCUT2D eigenvalue weighted by Crippen LogP contribution is 2.16. The molecule has 8 nitrogen and oxygen atoms in total. The Balaban J connectivity index is 1.78. The van der Waals surface area contributed by atoms with Crippen LogP contribution in [-0.4, -0.2) is 47.0 Å². The highest BCUT2D eigenvalue weighted by Gasteiger charge is 2.22. The predicted octanol–water partition coefficient (Wildman–Crippen LogP) is 2.87. The number of Topliss-reactive ketones (excluding diaryl/α,β-unsaturated/α-hetero) is 1. The van der Waals surface area contributed by atoms with Gasteiger partial charge in [0.05, 0.1) is 18.1 Å². The summed E-state index contributed by atoms with van der Waals surface area (Å²) >= 11 is 1.10. The number of rotatable bonds is 9. The molecule has 0 unspecified atom stereocenters. The molecule has 0 spiro atoms. The Bertz CT molecular complexity index is 833. The fourth-order valence-electron chi connectivity index (χ4n) is 2.20. The first kappa shape index (κ1) is 21.5. The van der Waals surface area contributed by atoms with Crippen molar-refractivity contribution >= 4 is 35.2 Å². The molecule has 28 heavy (non-hydrogen) atoms. The summed E-state index contributed by atoms with van der Waals surface area (Å²) in [6.45, 7) is 4.88. The first-order chi connectivity index (χ1) is 13.3. The topological polar surface area (TPSA) is 108 Å². The minimum atomic E-state index is -0.927. The van der Waals surface area contributed by atoms with Crippen molar-refractivity contribution in [3.8, 4) is 5.75 Å². The molecule has 2 atom stereocenters. The lowest BCUT2D eigenvalue weighted by Crippen LogP contribution is -2.27. The van der Waals surface area contributed by atoms with Crippen molar-refractivity contribution in [2.24, 2.45) is 0 Å². The molecule has 150 valence electrons. The van der Waals surface area contributed by atoms with Crippen LogP contribution in [0.15, 0.2) is 34.9 Å². The Morgan fingerprint density at radius 3 is 2.46 bits per heavy atom. The minimum absolute atomic E-state index is 0.0628. The van der Waals surface area contributed by atoms with E-state index in [1.807, 2.05) is 0 Å². The van der Waals surface area contributed by atoms with Gasteiger partial charge in [-0.1, -0.05) is 5.16 Å². The van der Waals surface area contributed by atoms with E-state index in [2.05, 4.69) is 10.5 Å².